The molecule has 1 aromatic rings. The van der Waals surface area contributed by atoms with Gasteiger partial charge in [-0.15, -0.1) is 0 Å². The Labute approximate surface area is 145 Å². The second-order valence-corrected chi connectivity index (χ2v) is 6.88. The van der Waals surface area contributed by atoms with Crippen molar-refractivity contribution in [3.8, 4) is 0 Å². The Bertz CT molecular complexity index is 522. The third-order valence-corrected chi connectivity index (χ3v) is 4.94. The molecule has 0 aromatic heterocycles. The maximum absolute atomic E-state index is 12.3. The molecule has 2 N–H and O–H groups in total. The number of nitrogens with one attached hydrogen (secondary N) is 2. The van der Waals surface area contributed by atoms with Crippen molar-refractivity contribution in [1.29, 1.82) is 0 Å². The highest BCUT2D eigenvalue weighted by atomic mass is 16.1. The molecule has 0 radical (unpaired) electrons. The van der Waals surface area contributed by atoms with Crippen LogP contribution in [0, 0.1) is 0 Å². The number of carbonyl (C=O) groups excluding carboxylic acids is 1. The van der Waals surface area contributed by atoms with Gasteiger partial charge in [-0.3, -0.25) is 9.69 Å². The molecule has 0 spiro atoms. The van der Waals surface area contributed by atoms with Gasteiger partial charge in [0.15, 0.2) is 0 Å². The smallest absolute Gasteiger partial charge is 0.251 e. The van der Waals surface area contributed by atoms with Crippen LogP contribution in [0.15, 0.2) is 24.3 Å². The molecule has 5 heteroatoms. The monoisotopic (exact) mass is 330 g/mol. The van der Waals surface area contributed by atoms with E-state index in [-0.39, 0.29) is 5.91 Å². The van der Waals surface area contributed by atoms with Gasteiger partial charge in [0.2, 0.25) is 0 Å². The van der Waals surface area contributed by atoms with Gasteiger partial charge in [-0.05, 0) is 56.6 Å². The lowest BCUT2D eigenvalue weighted by molar-refractivity contribution is 0.0951. The van der Waals surface area contributed by atoms with E-state index in [2.05, 4.69) is 26.5 Å². The Morgan fingerprint density at radius 2 is 1.88 bits per heavy atom. The molecular weight excluding hydrogens is 300 g/mol. The molecule has 0 bridgehead atoms. The molecule has 0 unspecified atom stereocenters. The summed E-state index contributed by atoms with van der Waals surface area (Å²) in [7, 11) is 0. The van der Waals surface area contributed by atoms with Gasteiger partial charge in [0.1, 0.15) is 0 Å². The second-order valence-electron chi connectivity index (χ2n) is 6.88. The van der Waals surface area contributed by atoms with Gasteiger partial charge in [0.25, 0.3) is 5.91 Å². The minimum atomic E-state index is 0.0542. The van der Waals surface area contributed by atoms with Crippen molar-refractivity contribution in [3.05, 3.63) is 35.4 Å². The Hall–Kier alpha value is -1.43. The standard InChI is InChI=1S/C19H30N4O/c24-19(21-7-4-12-22-13-8-20-9-14-22)18-6-3-5-17(15-18)16-23-10-1-2-11-23/h3,5-6,15,20H,1-2,4,7-14,16H2,(H,21,24). The Balaban J connectivity index is 1.40. The van der Waals surface area contributed by atoms with E-state index < -0.39 is 0 Å². The summed E-state index contributed by atoms with van der Waals surface area (Å²) in [6.45, 7) is 9.54. The van der Waals surface area contributed by atoms with E-state index in [0.717, 1.165) is 57.8 Å². The molecule has 1 aromatic carbocycles. The van der Waals surface area contributed by atoms with Gasteiger partial charge in [-0.25, -0.2) is 0 Å². The van der Waals surface area contributed by atoms with E-state index in [1.165, 1.54) is 31.5 Å². The summed E-state index contributed by atoms with van der Waals surface area (Å²) in [6.07, 6.45) is 3.61. The van der Waals surface area contributed by atoms with E-state index in [1.807, 2.05) is 18.2 Å². The first kappa shape index (κ1) is 17.4. The number of carbonyl (C=O) groups is 1. The highest BCUT2D eigenvalue weighted by Crippen LogP contribution is 2.13. The summed E-state index contributed by atoms with van der Waals surface area (Å²) < 4.78 is 0. The van der Waals surface area contributed by atoms with E-state index >= 15 is 0 Å². The largest absolute Gasteiger partial charge is 0.352 e. The van der Waals surface area contributed by atoms with Crippen molar-refractivity contribution in [3.63, 3.8) is 0 Å². The van der Waals surface area contributed by atoms with Crippen molar-refractivity contribution >= 4 is 5.91 Å². The van der Waals surface area contributed by atoms with Gasteiger partial charge in [0, 0.05) is 44.8 Å². The van der Waals surface area contributed by atoms with Gasteiger partial charge in [-0.1, -0.05) is 12.1 Å². The summed E-state index contributed by atoms with van der Waals surface area (Å²) in [6, 6.07) is 8.09. The van der Waals surface area contributed by atoms with Crippen LogP contribution in [0.25, 0.3) is 0 Å². The molecule has 2 saturated heterocycles. The molecule has 2 heterocycles. The predicted octanol–water partition coefficient (Wildman–Crippen LogP) is 1.31. The van der Waals surface area contributed by atoms with E-state index in [4.69, 9.17) is 0 Å². The molecule has 2 aliphatic heterocycles. The molecule has 0 aliphatic carbocycles. The van der Waals surface area contributed by atoms with E-state index in [0.29, 0.717) is 0 Å². The zero-order valence-corrected chi connectivity index (χ0v) is 14.6. The van der Waals surface area contributed by atoms with Crippen LogP contribution in [0.1, 0.15) is 35.2 Å². The maximum Gasteiger partial charge on any atom is 0.251 e. The molecule has 1 amide bonds. The van der Waals surface area contributed by atoms with Crippen molar-refractivity contribution in [2.75, 3.05) is 52.4 Å². The molecule has 5 nitrogen and oxygen atoms in total. The van der Waals surface area contributed by atoms with Gasteiger partial charge in [0.05, 0.1) is 0 Å². The third-order valence-electron chi connectivity index (χ3n) is 4.94. The second kappa shape index (κ2) is 9.16. The number of benzene rings is 1. The molecule has 2 fully saturated rings. The van der Waals surface area contributed by atoms with Crippen LogP contribution in [0.4, 0.5) is 0 Å². The van der Waals surface area contributed by atoms with Crippen LogP contribution in [-0.4, -0.2) is 68.1 Å². The third kappa shape index (κ3) is 5.30. The molecular formula is C19H30N4O. The lowest BCUT2D eigenvalue weighted by atomic mass is 10.1. The fourth-order valence-electron chi connectivity index (χ4n) is 3.55. The molecule has 0 atom stereocenters. The molecule has 2 aliphatic rings. The fraction of sp³-hybridized carbons (Fsp3) is 0.632. The van der Waals surface area contributed by atoms with Crippen LogP contribution in [0.2, 0.25) is 0 Å². The lowest BCUT2D eigenvalue weighted by Gasteiger charge is -2.27. The quantitative estimate of drug-likeness (QED) is 0.740. The number of rotatable bonds is 7. The highest BCUT2D eigenvalue weighted by Gasteiger charge is 2.13. The zero-order valence-electron chi connectivity index (χ0n) is 14.6. The minimum Gasteiger partial charge on any atom is -0.352 e. The number of likely N-dealkylation sites (tertiary alicyclic amines) is 1. The average molecular weight is 330 g/mol. The predicted molar refractivity (Wildman–Crippen MR) is 97.2 cm³/mol. The minimum absolute atomic E-state index is 0.0542. The first-order chi connectivity index (χ1) is 11.8. The summed E-state index contributed by atoms with van der Waals surface area (Å²) in [5.41, 5.74) is 2.03. The summed E-state index contributed by atoms with van der Waals surface area (Å²) in [4.78, 5) is 17.3. The highest BCUT2D eigenvalue weighted by molar-refractivity contribution is 5.94. The Kier molecular flexibility index (Phi) is 6.64. The lowest BCUT2D eigenvalue weighted by Crippen LogP contribution is -2.44. The van der Waals surface area contributed by atoms with E-state index in [1.54, 1.807) is 0 Å². The molecule has 132 valence electrons. The number of hydrogen-bond donors (Lipinski definition) is 2. The Morgan fingerprint density at radius 3 is 2.67 bits per heavy atom. The van der Waals surface area contributed by atoms with Crippen LogP contribution < -0.4 is 10.6 Å². The van der Waals surface area contributed by atoms with Crippen molar-refractivity contribution < 1.29 is 4.79 Å². The number of hydrogen-bond acceptors (Lipinski definition) is 4. The van der Waals surface area contributed by atoms with Gasteiger partial charge in [-0.2, -0.15) is 0 Å². The van der Waals surface area contributed by atoms with Crippen molar-refractivity contribution in [2.24, 2.45) is 0 Å². The Morgan fingerprint density at radius 1 is 1.08 bits per heavy atom. The first-order valence-electron chi connectivity index (χ1n) is 9.34. The summed E-state index contributed by atoms with van der Waals surface area (Å²) >= 11 is 0. The number of nitrogens with zero attached hydrogens (tertiary/aromatic N) is 2. The number of piperazine rings is 1. The summed E-state index contributed by atoms with van der Waals surface area (Å²) in [5, 5.41) is 6.43. The van der Waals surface area contributed by atoms with Gasteiger partial charge >= 0.3 is 0 Å². The van der Waals surface area contributed by atoms with E-state index in [9.17, 15) is 4.79 Å². The maximum atomic E-state index is 12.3. The van der Waals surface area contributed by atoms with Crippen molar-refractivity contribution in [1.82, 2.24) is 20.4 Å². The normalized spacial score (nSPS) is 19.5. The topological polar surface area (TPSA) is 47.6 Å². The fourth-order valence-corrected chi connectivity index (χ4v) is 3.55. The van der Waals surface area contributed by atoms with Crippen LogP contribution in [-0.2, 0) is 6.54 Å². The zero-order chi connectivity index (χ0) is 16.6. The van der Waals surface area contributed by atoms with Crippen LogP contribution in [0.5, 0.6) is 0 Å². The van der Waals surface area contributed by atoms with Crippen molar-refractivity contribution in [2.45, 2.75) is 25.8 Å². The molecule has 3 rings (SSSR count). The molecule has 24 heavy (non-hydrogen) atoms. The SMILES string of the molecule is O=C(NCCCN1CCNCC1)c1cccc(CN2CCCC2)c1. The molecule has 0 saturated carbocycles. The van der Waals surface area contributed by atoms with Crippen LogP contribution in [0.3, 0.4) is 0 Å². The average Bonchev–Trinajstić information content (AvgIpc) is 3.13. The number of amides is 1. The summed E-state index contributed by atoms with van der Waals surface area (Å²) in [5.74, 6) is 0.0542. The first-order valence-corrected chi connectivity index (χ1v) is 9.34. The van der Waals surface area contributed by atoms with Crippen LogP contribution >= 0.6 is 0 Å². The van der Waals surface area contributed by atoms with Gasteiger partial charge < -0.3 is 15.5 Å².